The van der Waals surface area contributed by atoms with Crippen molar-refractivity contribution < 1.29 is 19.7 Å². The molecule has 0 saturated heterocycles. The van der Waals surface area contributed by atoms with Gasteiger partial charge in [-0.05, 0) is 59.3 Å². The number of benzene rings is 6. The first-order valence-electron chi connectivity index (χ1n) is 13.9. The summed E-state index contributed by atoms with van der Waals surface area (Å²) in [4.78, 5) is 0. The zero-order chi connectivity index (χ0) is 32.5. The Labute approximate surface area is 265 Å². The van der Waals surface area contributed by atoms with Crippen molar-refractivity contribution in [2.45, 2.75) is 0 Å². The number of terminal acetylenes is 4. The largest absolute Gasteiger partial charge is 0.506 e. The molecular formula is C40H24N2O4. The number of phenolic OH excluding ortho intramolecular Hbond substituents is 2. The molecule has 0 atom stereocenters. The van der Waals surface area contributed by atoms with E-state index < -0.39 is 0 Å². The molecule has 0 amide bonds. The van der Waals surface area contributed by atoms with E-state index in [9.17, 15) is 10.2 Å². The van der Waals surface area contributed by atoms with E-state index in [-0.39, 0.29) is 22.9 Å². The molecule has 0 unspecified atom stereocenters. The molecule has 0 aliphatic carbocycles. The van der Waals surface area contributed by atoms with Crippen LogP contribution in [-0.2, 0) is 0 Å². The number of nitrogens with two attached hydrogens (primary N) is 2. The molecule has 6 rings (SSSR count). The summed E-state index contributed by atoms with van der Waals surface area (Å²) in [6.45, 7) is 0. The van der Waals surface area contributed by atoms with E-state index in [0.717, 1.165) is 0 Å². The minimum Gasteiger partial charge on any atom is -0.506 e. The third-order valence-corrected chi connectivity index (χ3v) is 7.58. The number of hydrogen-bond acceptors (Lipinski definition) is 6. The third-order valence-electron chi connectivity index (χ3n) is 7.58. The van der Waals surface area contributed by atoms with Gasteiger partial charge in [-0.25, -0.2) is 0 Å². The standard InChI is InChI=1S/C40H24N2O4/c1-5-23-11-9-13-29-37(23)25(7-3)19-35(45-27-15-17-31(41)33(43)21-27)39(29)40-30-14-10-12-24(6-2)38(30)26(8-4)20-36(40)46-28-16-18-32(42)34(44)22-28/h1-4,9-22,43-44H,41-42H2. The van der Waals surface area contributed by atoms with Crippen LogP contribution in [0.25, 0.3) is 32.7 Å². The quantitative estimate of drug-likeness (QED) is 0.0920. The number of anilines is 2. The monoisotopic (exact) mass is 596 g/mol. The van der Waals surface area contributed by atoms with Gasteiger partial charge in [-0.15, -0.1) is 25.7 Å². The Bertz CT molecular complexity index is 2240. The molecule has 6 aromatic rings. The van der Waals surface area contributed by atoms with Crippen molar-refractivity contribution in [2.75, 3.05) is 11.5 Å². The Kier molecular flexibility index (Phi) is 7.26. The van der Waals surface area contributed by atoms with Crippen molar-refractivity contribution in [2.24, 2.45) is 0 Å². The molecule has 46 heavy (non-hydrogen) atoms. The molecule has 6 heteroatoms. The van der Waals surface area contributed by atoms with E-state index in [4.69, 9.17) is 46.6 Å². The lowest BCUT2D eigenvalue weighted by molar-refractivity contribution is 0.454. The predicted molar refractivity (Wildman–Crippen MR) is 184 cm³/mol. The number of ether oxygens (including phenoxy) is 2. The first kappa shape index (κ1) is 29.0. The molecule has 0 aliphatic heterocycles. The second-order valence-corrected chi connectivity index (χ2v) is 10.3. The number of hydrogen-bond donors (Lipinski definition) is 4. The SMILES string of the molecule is C#Cc1cccc2c(-c3c(Oc4ccc(N)c(O)c4)cc(C#C)c4c(C#C)cccc34)c(Oc3ccc(N)c(O)c3)cc(C#C)c12. The Balaban J connectivity index is 1.80. The van der Waals surface area contributed by atoms with Crippen LogP contribution in [0.15, 0.2) is 84.9 Å². The second-order valence-electron chi connectivity index (χ2n) is 10.3. The summed E-state index contributed by atoms with van der Waals surface area (Å²) in [7, 11) is 0. The van der Waals surface area contributed by atoms with Crippen molar-refractivity contribution in [1.29, 1.82) is 0 Å². The minimum absolute atomic E-state index is 0.152. The molecule has 6 N–H and O–H groups in total. The lowest BCUT2D eigenvalue weighted by atomic mass is 9.86. The molecule has 0 fully saturated rings. The maximum absolute atomic E-state index is 10.4. The van der Waals surface area contributed by atoms with Gasteiger partial charge < -0.3 is 31.2 Å². The Morgan fingerprint density at radius 3 is 1.24 bits per heavy atom. The van der Waals surface area contributed by atoms with Gasteiger partial charge in [0.2, 0.25) is 0 Å². The molecule has 0 aromatic heterocycles. The normalized spacial score (nSPS) is 10.4. The van der Waals surface area contributed by atoms with Crippen LogP contribution in [0.4, 0.5) is 11.4 Å². The van der Waals surface area contributed by atoms with Crippen LogP contribution in [0, 0.1) is 49.4 Å². The maximum atomic E-state index is 10.4. The van der Waals surface area contributed by atoms with Crippen molar-refractivity contribution in [3.63, 3.8) is 0 Å². The molecule has 0 bridgehead atoms. The molecule has 0 heterocycles. The van der Waals surface area contributed by atoms with Gasteiger partial charge in [0, 0.05) is 56.3 Å². The summed E-state index contributed by atoms with van der Waals surface area (Å²) >= 11 is 0. The highest BCUT2D eigenvalue weighted by Gasteiger charge is 2.25. The van der Waals surface area contributed by atoms with Crippen LogP contribution >= 0.6 is 0 Å². The lowest BCUT2D eigenvalue weighted by Gasteiger charge is -2.22. The number of nitrogen functional groups attached to an aromatic ring is 2. The van der Waals surface area contributed by atoms with Gasteiger partial charge in [-0.3, -0.25) is 0 Å². The fourth-order valence-corrected chi connectivity index (χ4v) is 5.49. The van der Waals surface area contributed by atoms with Crippen LogP contribution in [0.2, 0.25) is 0 Å². The van der Waals surface area contributed by atoms with Crippen LogP contribution in [0.1, 0.15) is 22.3 Å². The summed E-state index contributed by atoms with van der Waals surface area (Å²) < 4.78 is 12.9. The average Bonchev–Trinajstić information content (AvgIpc) is 3.07. The second kappa shape index (κ2) is 11.5. The fraction of sp³-hybridized carbons (Fsp3) is 0. The van der Waals surface area contributed by atoms with Crippen molar-refractivity contribution >= 4 is 32.9 Å². The molecule has 0 aliphatic rings. The molecule has 218 valence electrons. The van der Waals surface area contributed by atoms with E-state index in [1.165, 1.54) is 24.3 Å². The highest BCUT2D eigenvalue weighted by atomic mass is 16.5. The van der Waals surface area contributed by atoms with Gasteiger partial charge in [0.25, 0.3) is 0 Å². The fourth-order valence-electron chi connectivity index (χ4n) is 5.49. The molecular weight excluding hydrogens is 572 g/mol. The summed E-state index contributed by atoms with van der Waals surface area (Å²) in [5.74, 6) is 11.9. The molecule has 0 radical (unpaired) electrons. The van der Waals surface area contributed by atoms with Crippen LogP contribution in [0.5, 0.6) is 34.5 Å². The first-order valence-corrected chi connectivity index (χ1v) is 13.9. The Hall–Kier alpha value is -7.12. The summed E-state index contributed by atoms with van der Waals surface area (Å²) in [6, 6.07) is 23.5. The highest BCUT2D eigenvalue weighted by Crippen LogP contribution is 2.50. The van der Waals surface area contributed by atoms with Crippen LogP contribution < -0.4 is 20.9 Å². The Morgan fingerprint density at radius 2 is 0.891 bits per heavy atom. The van der Waals surface area contributed by atoms with Gasteiger partial charge in [0.05, 0.1) is 11.4 Å². The smallest absolute Gasteiger partial charge is 0.142 e. The van der Waals surface area contributed by atoms with Crippen LogP contribution in [0.3, 0.4) is 0 Å². The molecule has 0 saturated carbocycles. The lowest BCUT2D eigenvalue weighted by Crippen LogP contribution is -1.99. The number of aromatic hydroxyl groups is 2. The van der Waals surface area contributed by atoms with E-state index in [2.05, 4.69) is 23.7 Å². The first-order chi connectivity index (χ1) is 22.3. The minimum atomic E-state index is -0.152. The van der Waals surface area contributed by atoms with Crippen molar-refractivity contribution in [3.8, 4) is 95.0 Å². The number of phenols is 2. The number of fused-ring (bicyclic) bond motifs is 2. The van der Waals surface area contributed by atoms with Gasteiger partial charge in [-0.1, -0.05) is 47.9 Å². The molecule has 0 spiro atoms. The van der Waals surface area contributed by atoms with Gasteiger partial charge in [0.15, 0.2) is 0 Å². The van der Waals surface area contributed by atoms with Crippen molar-refractivity contribution in [1.82, 2.24) is 0 Å². The Morgan fingerprint density at radius 1 is 0.500 bits per heavy atom. The van der Waals surface area contributed by atoms with E-state index in [1.54, 1.807) is 36.4 Å². The zero-order valence-electron chi connectivity index (χ0n) is 24.3. The van der Waals surface area contributed by atoms with Crippen molar-refractivity contribution in [3.05, 3.63) is 107 Å². The summed E-state index contributed by atoms with van der Waals surface area (Å²) in [5.41, 5.74) is 15.3. The summed E-state index contributed by atoms with van der Waals surface area (Å²) in [5, 5.41) is 23.3. The van der Waals surface area contributed by atoms with Gasteiger partial charge >= 0.3 is 0 Å². The topological polar surface area (TPSA) is 111 Å². The van der Waals surface area contributed by atoms with E-state index in [1.807, 2.05) is 24.3 Å². The van der Waals surface area contributed by atoms with E-state index >= 15 is 0 Å². The maximum Gasteiger partial charge on any atom is 0.142 e. The molecule has 6 nitrogen and oxygen atoms in total. The summed E-state index contributed by atoms with van der Waals surface area (Å²) in [6.07, 6.45) is 24.0. The van der Waals surface area contributed by atoms with E-state index in [0.29, 0.717) is 77.9 Å². The average molecular weight is 597 g/mol. The third kappa shape index (κ3) is 4.86. The highest BCUT2D eigenvalue weighted by molar-refractivity contribution is 6.14. The zero-order valence-corrected chi connectivity index (χ0v) is 24.3. The number of rotatable bonds is 5. The van der Waals surface area contributed by atoms with Gasteiger partial charge in [-0.2, -0.15) is 0 Å². The molecule has 6 aromatic carbocycles. The predicted octanol–water partition coefficient (Wildman–Crippen LogP) is 7.75. The van der Waals surface area contributed by atoms with Gasteiger partial charge in [0.1, 0.15) is 34.5 Å². The van der Waals surface area contributed by atoms with Crippen LogP contribution in [-0.4, -0.2) is 10.2 Å².